The molecule has 2 aliphatic heterocycles. The van der Waals surface area contributed by atoms with Crippen molar-refractivity contribution in [3.63, 3.8) is 0 Å². The van der Waals surface area contributed by atoms with Crippen molar-refractivity contribution in [3.8, 4) is 17.2 Å². The average Bonchev–Trinajstić information content (AvgIpc) is 3.36. The molecular weight excluding hydrogens is 410 g/mol. The minimum Gasteiger partial charge on any atom is -0.508 e. The van der Waals surface area contributed by atoms with Gasteiger partial charge in [-0.3, -0.25) is 14.5 Å². The third-order valence-electron chi connectivity index (χ3n) is 5.65. The Morgan fingerprint density at radius 2 is 1.75 bits per heavy atom. The molecule has 1 atom stereocenters. The number of hydrogen-bond acceptors (Lipinski definition) is 6. The zero-order valence-corrected chi connectivity index (χ0v) is 17.1. The van der Waals surface area contributed by atoms with Gasteiger partial charge in [0.25, 0.3) is 11.7 Å². The van der Waals surface area contributed by atoms with E-state index in [1.807, 2.05) is 19.1 Å². The van der Waals surface area contributed by atoms with E-state index >= 15 is 0 Å². The maximum atomic E-state index is 13.2. The lowest BCUT2D eigenvalue weighted by atomic mass is 9.94. The van der Waals surface area contributed by atoms with E-state index < -0.39 is 17.7 Å². The SMILES string of the molecule is Cc1ccccc1N1C(=O)C(=O)/C(=C(\O)c2ccc3c(c2)OCO3)C1c1cccc(O)c1. The van der Waals surface area contributed by atoms with E-state index in [9.17, 15) is 19.8 Å². The first-order valence-electron chi connectivity index (χ1n) is 10.0. The Kier molecular flexibility index (Phi) is 4.59. The molecule has 0 spiro atoms. The van der Waals surface area contributed by atoms with Crippen molar-refractivity contribution in [2.75, 3.05) is 11.7 Å². The lowest BCUT2D eigenvalue weighted by Crippen LogP contribution is -2.30. The van der Waals surface area contributed by atoms with Gasteiger partial charge in [-0.05, 0) is 54.4 Å². The number of nitrogens with zero attached hydrogens (tertiary/aromatic N) is 1. The number of phenolic OH excluding ortho intramolecular Hbond substituents is 1. The number of carbonyl (C=O) groups excluding carboxylic acids is 2. The largest absolute Gasteiger partial charge is 0.508 e. The summed E-state index contributed by atoms with van der Waals surface area (Å²) in [5, 5.41) is 21.3. The number of aliphatic hydroxyl groups excluding tert-OH is 1. The zero-order valence-electron chi connectivity index (χ0n) is 17.1. The second kappa shape index (κ2) is 7.46. The summed E-state index contributed by atoms with van der Waals surface area (Å²) in [6.45, 7) is 1.91. The van der Waals surface area contributed by atoms with E-state index in [2.05, 4.69) is 0 Å². The molecule has 32 heavy (non-hydrogen) atoms. The van der Waals surface area contributed by atoms with Crippen LogP contribution >= 0.6 is 0 Å². The summed E-state index contributed by atoms with van der Waals surface area (Å²) in [5.41, 5.74) is 2.09. The molecule has 7 nitrogen and oxygen atoms in total. The number of anilines is 1. The fraction of sp³-hybridized carbons (Fsp3) is 0.120. The van der Waals surface area contributed by atoms with Crippen LogP contribution in [-0.2, 0) is 9.59 Å². The fourth-order valence-electron chi connectivity index (χ4n) is 4.12. The number of ether oxygens (including phenoxy) is 2. The molecule has 1 saturated heterocycles. The molecule has 0 aliphatic carbocycles. The van der Waals surface area contributed by atoms with Crippen LogP contribution in [0, 0.1) is 6.92 Å². The number of aryl methyl sites for hydroxylation is 1. The van der Waals surface area contributed by atoms with Crippen LogP contribution in [0.2, 0.25) is 0 Å². The molecule has 7 heteroatoms. The highest BCUT2D eigenvalue weighted by Crippen LogP contribution is 2.44. The number of para-hydroxylation sites is 1. The van der Waals surface area contributed by atoms with E-state index in [1.54, 1.807) is 42.5 Å². The first-order valence-corrected chi connectivity index (χ1v) is 10.0. The van der Waals surface area contributed by atoms with Crippen molar-refractivity contribution in [2.45, 2.75) is 13.0 Å². The molecule has 2 heterocycles. The molecule has 1 amide bonds. The first-order chi connectivity index (χ1) is 15.5. The predicted octanol–water partition coefficient (Wildman–Crippen LogP) is 4.06. The number of rotatable bonds is 3. The Hall–Kier alpha value is -4.26. The summed E-state index contributed by atoms with van der Waals surface area (Å²) in [5.74, 6) is -0.929. The second-order valence-electron chi connectivity index (χ2n) is 7.62. The molecule has 3 aromatic rings. The van der Waals surface area contributed by atoms with Gasteiger partial charge >= 0.3 is 0 Å². The number of benzene rings is 3. The molecule has 1 fully saturated rings. The topological polar surface area (TPSA) is 96.3 Å². The minimum absolute atomic E-state index is 0.0130. The van der Waals surface area contributed by atoms with Gasteiger partial charge < -0.3 is 19.7 Å². The van der Waals surface area contributed by atoms with Crippen LogP contribution in [0.5, 0.6) is 17.2 Å². The normalized spacial score (nSPS) is 18.9. The standard InChI is InChI=1S/C25H19NO6/c1-14-5-2-3-8-18(14)26-22(15-6-4-7-17(27)11-15)21(24(29)25(26)30)23(28)16-9-10-19-20(12-16)32-13-31-19/h2-12,22,27-28H,13H2,1H3/b23-21-. The molecular formula is C25H19NO6. The lowest BCUT2D eigenvalue weighted by molar-refractivity contribution is -0.132. The highest BCUT2D eigenvalue weighted by Gasteiger charge is 2.47. The Balaban J connectivity index is 1.73. The lowest BCUT2D eigenvalue weighted by Gasteiger charge is -2.26. The van der Waals surface area contributed by atoms with Crippen molar-refractivity contribution >= 4 is 23.1 Å². The molecule has 0 aromatic heterocycles. The summed E-state index contributed by atoms with van der Waals surface area (Å²) >= 11 is 0. The number of amides is 1. The summed E-state index contributed by atoms with van der Waals surface area (Å²) in [6.07, 6.45) is 0. The van der Waals surface area contributed by atoms with Crippen LogP contribution in [0.15, 0.2) is 72.3 Å². The van der Waals surface area contributed by atoms with Crippen molar-refractivity contribution in [1.29, 1.82) is 0 Å². The second-order valence-corrected chi connectivity index (χ2v) is 7.62. The molecule has 1 unspecified atom stereocenters. The summed E-state index contributed by atoms with van der Waals surface area (Å²) in [6, 6.07) is 17.4. The number of carbonyl (C=O) groups is 2. The zero-order chi connectivity index (χ0) is 22.4. The number of Topliss-reactive ketones (excluding diaryl/α,β-unsaturated/α-hetero) is 1. The number of fused-ring (bicyclic) bond motifs is 1. The Labute approximate surface area is 183 Å². The highest BCUT2D eigenvalue weighted by atomic mass is 16.7. The van der Waals surface area contributed by atoms with Crippen LogP contribution in [0.3, 0.4) is 0 Å². The van der Waals surface area contributed by atoms with Crippen LogP contribution in [0.25, 0.3) is 5.76 Å². The third kappa shape index (κ3) is 3.06. The van der Waals surface area contributed by atoms with Crippen molar-refractivity contribution < 1.29 is 29.3 Å². The van der Waals surface area contributed by atoms with Crippen LogP contribution in [0.1, 0.15) is 22.7 Å². The van der Waals surface area contributed by atoms with E-state index in [0.29, 0.717) is 28.3 Å². The number of ketones is 1. The molecule has 160 valence electrons. The van der Waals surface area contributed by atoms with Gasteiger partial charge in [0, 0.05) is 11.3 Å². The van der Waals surface area contributed by atoms with Crippen LogP contribution in [-0.4, -0.2) is 28.7 Å². The maximum Gasteiger partial charge on any atom is 0.300 e. The minimum atomic E-state index is -0.923. The number of phenols is 1. The van der Waals surface area contributed by atoms with Gasteiger partial charge in [0.05, 0.1) is 11.6 Å². The van der Waals surface area contributed by atoms with E-state index in [1.165, 1.54) is 17.0 Å². The van der Waals surface area contributed by atoms with Gasteiger partial charge in [-0.2, -0.15) is 0 Å². The van der Waals surface area contributed by atoms with E-state index in [0.717, 1.165) is 5.56 Å². The smallest absolute Gasteiger partial charge is 0.300 e. The fourth-order valence-corrected chi connectivity index (χ4v) is 4.12. The van der Waals surface area contributed by atoms with Crippen molar-refractivity contribution in [3.05, 3.63) is 89.0 Å². The van der Waals surface area contributed by atoms with E-state index in [4.69, 9.17) is 9.47 Å². The number of hydrogen-bond donors (Lipinski definition) is 2. The Bertz CT molecular complexity index is 1300. The van der Waals surface area contributed by atoms with Gasteiger partial charge in [-0.25, -0.2) is 0 Å². The Morgan fingerprint density at radius 3 is 2.53 bits per heavy atom. The molecule has 0 bridgehead atoms. The van der Waals surface area contributed by atoms with E-state index in [-0.39, 0.29) is 23.9 Å². The first kappa shape index (κ1) is 19.7. The summed E-state index contributed by atoms with van der Waals surface area (Å²) < 4.78 is 10.7. The van der Waals surface area contributed by atoms with Gasteiger partial charge in [0.15, 0.2) is 11.5 Å². The highest BCUT2D eigenvalue weighted by molar-refractivity contribution is 6.51. The van der Waals surface area contributed by atoms with Gasteiger partial charge in [0.1, 0.15) is 11.5 Å². The Morgan fingerprint density at radius 1 is 0.969 bits per heavy atom. The van der Waals surface area contributed by atoms with Gasteiger partial charge in [0.2, 0.25) is 6.79 Å². The summed E-state index contributed by atoms with van der Waals surface area (Å²) in [7, 11) is 0. The van der Waals surface area contributed by atoms with Gasteiger partial charge in [-0.15, -0.1) is 0 Å². The quantitative estimate of drug-likeness (QED) is 0.370. The number of aromatic hydroxyl groups is 1. The predicted molar refractivity (Wildman–Crippen MR) is 117 cm³/mol. The van der Waals surface area contributed by atoms with Crippen molar-refractivity contribution in [2.24, 2.45) is 0 Å². The van der Waals surface area contributed by atoms with Crippen molar-refractivity contribution in [1.82, 2.24) is 0 Å². The van der Waals surface area contributed by atoms with Crippen LogP contribution < -0.4 is 14.4 Å². The third-order valence-corrected chi connectivity index (χ3v) is 5.65. The maximum absolute atomic E-state index is 13.2. The molecule has 0 radical (unpaired) electrons. The average molecular weight is 429 g/mol. The summed E-state index contributed by atoms with van der Waals surface area (Å²) in [4.78, 5) is 27.7. The molecule has 0 saturated carbocycles. The monoisotopic (exact) mass is 429 g/mol. The van der Waals surface area contributed by atoms with Gasteiger partial charge in [-0.1, -0.05) is 30.3 Å². The molecule has 2 aliphatic rings. The van der Waals surface area contributed by atoms with Crippen LogP contribution in [0.4, 0.5) is 5.69 Å². The number of aliphatic hydroxyl groups is 1. The molecule has 3 aromatic carbocycles. The molecule has 2 N–H and O–H groups in total. The molecule has 5 rings (SSSR count).